The van der Waals surface area contributed by atoms with Crippen LogP contribution in [0, 0.1) is 5.92 Å². The van der Waals surface area contributed by atoms with E-state index in [1.807, 2.05) is 30.5 Å². The molecule has 24 heavy (non-hydrogen) atoms. The molecule has 0 aliphatic rings. The maximum Gasteiger partial charge on any atom is 0.226 e. The Kier molecular flexibility index (Phi) is 9.43. The predicted molar refractivity (Wildman–Crippen MR) is 104 cm³/mol. The average Bonchev–Trinajstić information content (AvgIpc) is 2.96. The predicted octanol–water partition coefficient (Wildman–Crippen LogP) is 3.08. The van der Waals surface area contributed by atoms with Crippen molar-refractivity contribution in [3.05, 3.63) is 35.5 Å². The van der Waals surface area contributed by atoms with Crippen LogP contribution in [-0.4, -0.2) is 28.0 Å². The average molecular weight is 391 g/mol. The van der Waals surface area contributed by atoms with Gasteiger partial charge in [-0.1, -0.05) is 19.9 Å². The fourth-order valence-corrected chi connectivity index (χ4v) is 2.75. The third-order valence-corrected chi connectivity index (χ3v) is 4.81. The molecule has 0 radical (unpaired) electrons. The van der Waals surface area contributed by atoms with Crippen molar-refractivity contribution >= 4 is 42.1 Å². The molecule has 0 saturated carbocycles. The van der Waals surface area contributed by atoms with Gasteiger partial charge in [-0.2, -0.15) is 0 Å². The molecule has 0 aliphatic carbocycles. The summed E-state index contributed by atoms with van der Waals surface area (Å²) < 4.78 is 0. The van der Waals surface area contributed by atoms with Gasteiger partial charge in [0.25, 0.3) is 0 Å². The van der Waals surface area contributed by atoms with E-state index in [0.29, 0.717) is 6.54 Å². The Morgan fingerprint density at radius 3 is 2.62 bits per heavy atom. The highest BCUT2D eigenvalue weighted by Gasteiger charge is 2.28. The van der Waals surface area contributed by atoms with Crippen LogP contribution in [0.25, 0.3) is 10.7 Å². The van der Waals surface area contributed by atoms with Crippen molar-refractivity contribution in [1.29, 1.82) is 0 Å². The van der Waals surface area contributed by atoms with Crippen LogP contribution in [0.15, 0.2) is 29.8 Å². The number of hydrogen-bond acceptors (Lipinski definition) is 5. The second-order valence-electron chi connectivity index (χ2n) is 5.86. The van der Waals surface area contributed by atoms with Gasteiger partial charge in [-0.3, -0.25) is 9.78 Å². The van der Waals surface area contributed by atoms with E-state index in [1.54, 1.807) is 6.20 Å². The molecule has 134 valence electrons. The number of nitrogens with one attached hydrogen (secondary N) is 1. The normalized spacial score (nSPS) is 12.7. The molecule has 0 bridgehead atoms. The lowest BCUT2D eigenvalue weighted by molar-refractivity contribution is -0.122. The maximum absolute atomic E-state index is 12.2. The first-order chi connectivity index (χ1) is 10.4. The largest absolute Gasteiger partial charge is 0.349 e. The fourth-order valence-electron chi connectivity index (χ4n) is 1.95. The first-order valence-electron chi connectivity index (χ1n) is 7.31. The number of aromatic nitrogens is 2. The lowest BCUT2D eigenvalue weighted by atomic mass is 9.88. The Morgan fingerprint density at radius 2 is 2.08 bits per heavy atom. The number of hydrogen-bond donors (Lipinski definition) is 2. The molecule has 3 N–H and O–H groups in total. The molecule has 2 aromatic rings. The van der Waals surface area contributed by atoms with E-state index in [4.69, 9.17) is 5.73 Å². The third-order valence-electron chi connectivity index (χ3n) is 3.90. The van der Waals surface area contributed by atoms with Gasteiger partial charge in [-0.15, -0.1) is 36.2 Å². The number of amides is 1. The SMILES string of the molecule is CC(C)C(C)(CN)NC(=O)Cc1csc(-c2ccccn2)n1.Cl.Cl. The number of halogens is 2. The van der Waals surface area contributed by atoms with Crippen molar-refractivity contribution < 1.29 is 4.79 Å². The highest BCUT2D eigenvalue weighted by molar-refractivity contribution is 7.13. The molecule has 0 spiro atoms. The molecule has 2 heterocycles. The van der Waals surface area contributed by atoms with Crippen molar-refractivity contribution in [2.75, 3.05) is 6.54 Å². The first-order valence-corrected chi connectivity index (χ1v) is 8.19. The van der Waals surface area contributed by atoms with Crippen LogP contribution in [0.2, 0.25) is 0 Å². The van der Waals surface area contributed by atoms with Gasteiger partial charge in [-0.05, 0) is 25.0 Å². The molecule has 1 atom stereocenters. The summed E-state index contributed by atoms with van der Waals surface area (Å²) in [5.74, 6) is 0.209. The lowest BCUT2D eigenvalue weighted by Gasteiger charge is -2.33. The zero-order chi connectivity index (χ0) is 16.2. The molecular weight excluding hydrogens is 367 g/mol. The minimum absolute atomic E-state index is 0. The minimum Gasteiger partial charge on any atom is -0.349 e. The summed E-state index contributed by atoms with van der Waals surface area (Å²) >= 11 is 1.50. The maximum atomic E-state index is 12.2. The van der Waals surface area contributed by atoms with E-state index in [2.05, 4.69) is 29.1 Å². The van der Waals surface area contributed by atoms with Crippen molar-refractivity contribution in [1.82, 2.24) is 15.3 Å². The molecule has 2 aromatic heterocycles. The zero-order valence-electron chi connectivity index (χ0n) is 14.0. The summed E-state index contributed by atoms with van der Waals surface area (Å²) in [6.07, 6.45) is 1.99. The molecule has 0 fully saturated rings. The van der Waals surface area contributed by atoms with Gasteiger partial charge in [0, 0.05) is 18.1 Å². The third kappa shape index (κ3) is 5.70. The van der Waals surface area contributed by atoms with Crippen LogP contribution in [0.3, 0.4) is 0 Å². The quantitative estimate of drug-likeness (QED) is 0.793. The van der Waals surface area contributed by atoms with Gasteiger partial charge in [0.1, 0.15) is 5.01 Å². The molecule has 0 saturated heterocycles. The monoisotopic (exact) mass is 390 g/mol. The Labute approximate surface area is 159 Å². The number of carbonyl (C=O) groups is 1. The van der Waals surface area contributed by atoms with Crippen LogP contribution >= 0.6 is 36.2 Å². The smallest absolute Gasteiger partial charge is 0.226 e. The highest BCUT2D eigenvalue weighted by atomic mass is 35.5. The second-order valence-corrected chi connectivity index (χ2v) is 6.72. The molecule has 2 rings (SSSR count). The number of nitrogens with two attached hydrogens (primary N) is 1. The molecule has 0 aliphatic heterocycles. The van der Waals surface area contributed by atoms with Crippen molar-refractivity contribution in [3.8, 4) is 10.7 Å². The Hall–Kier alpha value is -1.21. The van der Waals surface area contributed by atoms with Gasteiger partial charge in [-0.25, -0.2) is 4.98 Å². The summed E-state index contributed by atoms with van der Waals surface area (Å²) in [4.78, 5) is 21.0. The Balaban J connectivity index is 0.00000264. The van der Waals surface area contributed by atoms with Crippen LogP contribution in [0.4, 0.5) is 0 Å². The van der Waals surface area contributed by atoms with E-state index >= 15 is 0 Å². The number of thiazole rings is 1. The van der Waals surface area contributed by atoms with Gasteiger partial charge in [0.15, 0.2) is 0 Å². The molecule has 5 nitrogen and oxygen atoms in total. The van der Waals surface area contributed by atoms with Crippen molar-refractivity contribution in [3.63, 3.8) is 0 Å². The summed E-state index contributed by atoms with van der Waals surface area (Å²) in [5, 5.41) is 5.75. The van der Waals surface area contributed by atoms with E-state index in [-0.39, 0.29) is 43.1 Å². The first kappa shape index (κ1) is 22.8. The van der Waals surface area contributed by atoms with Gasteiger partial charge < -0.3 is 11.1 Å². The minimum atomic E-state index is -0.392. The van der Waals surface area contributed by atoms with E-state index in [9.17, 15) is 4.79 Å². The Bertz CT molecular complexity index is 636. The summed E-state index contributed by atoms with van der Waals surface area (Å²) in [5.41, 5.74) is 6.98. The van der Waals surface area contributed by atoms with Crippen molar-refractivity contribution in [2.24, 2.45) is 11.7 Å². The van der Waals surface area contributed by atoms with Gasteiger partial charge in [0.05, 0.1) is 23.3 Å². The van der Waals surface area contributed by atoms with Crippen molar-refractivity contribution in [2.45, 2.75) is 32.7 Å². The summed E-state index contributed by atoms with van der Waals surface area (Å²) in [6.45, 7) is 6.48. The number of rotatable bonds is 6. The molecule has 1 unspecified atom stereocenters. The van der Waals surface area contributed by atoms with Crippen LogP contribution in [0.1, 0.15) is 26.5 Å². The van der Waals surface area contributed by atoms with Crippen LogP contribution < -0.4 is 11.1 Å². The summed E-state index contributed by atoms with van der Waals surface area (Å²) in [7, 11) is 0. The fraction of sp³-hybridized carbons (Fsp3) is 0.438. The molecular formula is C16H24Cl2N4OS. The summed E-state index contributed by atoms with van der Waals surface area (Å²) in [6, 6.07) is 5.70. The number of carbonyl (C=O) groups excluding carboxylic acids is 1. The number of nitrogens with zero attached hydrogens (tertiary/aromatic N) is 2. The molecule has 8 heteroatoms. The van der Waals surface area contributed by atoms with Gasteiger partial charge >= 0.3 is 0 Å². The number of pyridine rings is 1. The zero-order valence-corrected chi connectivity index (χ0v) is 16.4. The highest BCUT2D eigenvalue weighted by Crippen LogP contribution is 2.22. The van der Waals surface area contributed by atoms with E-state index < -0.39 is 5.54 Å². The lowest BCUT2D eigenvalue weighted by Crippen LogP contribution is -2.55. The standard InChI is InChI=1S/C16H22N4OS.2ClH/c1-11(2)16(3,10-17)20-14(21)8-12-9-22-15(19-12)13-6-4-5-7-18-13;;/h4-7,9,11H,8,10,17H2,1-3H3,(H,20,21);2*1H. The van der Waals surface area contributed by atoms with Crippen LogP contribution in [-0.2, 0) is 11.2 Å². The van der Waals surface area contributed by atoms with Crippen LogP contribution in [0.5, 0.6) is 0 Å². The van der Waals surface area contributed by atoms with E-state index in [1.165, 1.54) is 11.3 Å². The molecule has 1 amide bonds. The van der Waals surface area contributed by atoms with Gasteiger partial charge in [0.2, 0.25) is 5.91 Å². The molecule has 0 aromatic carbocycles. The van der Waals surface area contributed by atoms with E-state index in [0.717, 1.165) is 16.4 Å². The topological polar surface area (TPSA) is 80.9 Å². The Morgan fingerprint density at radius 1 is 1.38 bits per heavy atom. The second kappa shape index (κ2) is 9.93.